The Hall–Kier alpha value is -2.00. The van der Waals surface area contributed by atoms with Crippen LogP contribution in [0.25, 0.3) is 11.1 Å². The van der Waals surface area contributed by atoms with E-state index in [1.54, 1.807) is 0 Å². The summed E-state index contributed by atoms with van der Waals surface area (Å²) < 4.78 is 6.00. The number of carboxylic acid groups (broad SMARTS) is 1. The zero-order valence-corrected chi connectivity index (χ0v) is 16.9. The number of hydrogen-bond donors (Lipinski definition) is 1. The lowest BCUT2D eigenvalue weighted by atomic mass is 9.88. The third kappa shape index (κ3) is 5.04. The average Bonchev–Trinajstić information content (AvgIpc) is 3.44. The van der Waals surface area contributed by atoms with Crippen molar-refractivity contribution >= 4 is 17.6 Å². The topological polar surface area (TPSA) is 46.5 Å². The molecule has 1 aliphatic carbocycles. The van der Waals surface area contributed by atoms with Crippen molar-refractivity contribution in [2.24, 2.45) is 11.8 Å². The summed E-state index contributed by atoms with van der Waals surface area (Å²) in [5.41, 5.74) is 3.72. The molecule has 1 saturated carbocycles. The van der Waals surface area contributed by atoms with Crippen LogP contribution in [0, 0.1) is 18.8 Å². The fourth-order valence-corrected chi connectivity index (χ4v) is 3.48. The zero-order chi connectivity index (χ0) is 19.6. The Morgan fingerprint density at radius 3 is 2.44 bits per heavy atom. The number of aliphatic carboxylic acids is 1. The van der Waals surface area contributed by atoms with E-state index < -0.39 is 11.9 Å². The number of aryl methyl sites for hydroxylation is 1. The molecular formula is C23H27ClO3. The van der Waals surface area contributed by atoms with Gasteiger partial charge in [-0.25, -0.2) is 0 Å². The standard InChI is InChI=1S/C23H27ClO3/c1-14(2)10-20(23(25)26)18-11-19(17-8-4-15(3)5-9-17)22(24)21(12-18)27-13-16-6-7-16/h4-5,8-9,11-12,14,16,20H,6-7,10,13H2,1-3H3,(H,25,26). The second-order valence-electron chi connectivity index (χ2n) is 8.02. The fourth-order valence-electron chi connectivity index (χ4n) is 3.21. The molecule has 1 unspecified atom stereocenters. The Morgan fingerprint density at radius 2 is 1.89 bits per heavy atom. The van der Waals surface area contributed by atoms with Gasteiger partial charge in [0, 0.05) is 5.56 Å². The van der Waals surface area contributed by atoms with Crippen molar-refractivity contribution in [1.82, 2.24) is 0 Å². The third-order valence-electron chi connectivity index (χ3n) is 5.00. The van der Waals surface area contributed by atoms with E-state index in [2.05, 4.69) is 0 Å². The number of ether oxygens (including phenoxy) is 1. The molecule has 0 radical (unpaired) electrons. The first-order valence-electron chi connectivity index (χ1n) is 9.61. The normalized spacial score (nSPS) is 15.0. The molecule has 2 aromatic rings. The van der Waals surface area contributed by atoms with E-state index in [4.69, 9.17) is 16.3 Å². The van der Waals surface area contributed by atoms with E-state index in [0.717, 1.165) is 16.7 Å². The Labute approximate surface area is 166 Å². The van der Waals surface area contributed by atoms with Crippen LogP contribution in [-0.2, 0) is 4.79 Å². The molecule has 4 heteroatoms. The van der Waals surface area contributed by atoms with Gasteiger partial charge >= 0.3 is 5.97 Å². The molecule has 1 atom stereocenters. The lowest BCUT2D eigenvalue weighted by Crippen LogP contribution is -2.14. The minimum absolute atomic E-state index is 0.278. The molecule has 0 aromatic heterocycles. The highest BCUT2D eigenvalue weighted by atomic mass is 35.5. The van der Waals surface area contributed by atoms with Crippen LogP contribution in [0.1, 0.15) is 50.2 Å². The van der Waals surface area contributed by atoms with Crippen molar-refractivity contribution in [2.45, 2.75) is 46.0 Å². The average molecular weight is 387 g/mol. The summed E-state index contributed by atoms with van der Waals surface area (Å²) in [6.07, 6.45) is 2.95. The fraction of sp³-hybridized carbons (Fsp3) is 0.435. The van der Waals surface area contributed by atoms with Crippen molar-refractivity contribution in [3.8, 4) is 16.9 Å². The molecule has 144 valence electrons. The van der Waals surface area contributed by atoms with Crippen molar-refractivity contribution in [3.63, 3.8) is 0 Å². The van der Waals surface area contributed by atoms with Crippen LogP contribution < -0.4 is 4.74 Å². The van der Waals surface area contributed by atoms with Crippen LogP contribution in [0.3, 0.4) is 0 Å². The van der Waals surface area contributed by atoms with Crippen molar-refractivity contribution < 1.29 is 14.6 Å². The van der Waals surface area contributed by atoms with Crippen LogP contribution in [0.2, 0.25) is 5.02 Å². The Bertz CT molecular complexity index is 807. The molecule has 0 amide bonds. The summed E-state index contributed by atoms with van der Waals surface area (Å²) in [5, 5.41) is 10.3. The molecule has 0 heterocycles. The molecule has 3 nitrogen and oxygen atoms in total. The highest BCUT2D eigenvalue weighted by molar-refractivity contribution is 6.34. The lowest BCUT2D eigenvalue weighted by molar-refractivity contribution is -0.139. The van der Waals surface area contributed by atoms with Crippen LogP contribution in [0.4, 0.5) is 0 Å². The first-order chi connectivity index (χ1) is 12.8. The van der Waals surface area contributed by atoms with Crippen molar-refractivity contribution in [1.29, 1.82) is 0 Å². The molecule has 1 fully saturated rings. The van der Waals surface area contributed by atoms with Crippen LogP contribution in [0.5, 0.6) is 5.75 Å². The van der Waals surface area contributed by atoms with E-state index in [9.17, 15) is 9.90 Å². The van der Waals surface area contributed by atoms with Crippen molar-refractivity contribution in [2.75, 3.05) is 6.61 Å². The smallest absolute Gasteiger partial charge is 0.310 e. The number of benzene rings is 2. The molecule has 0 bridgehead atoms. The largest absolute Gasteiger partial charge is 0.492 e. The van der Waals surface area contributed by atoms with E-state index in [1.807, 2.05) is 57.2 Å². The van der Waals surface area contributed by atoms with E-state index in [-0.39, 0.29) is 5.92 Å². The number of carboxylic acids is 1. The van der Waals surface area contributed by atoms with Crippen LogP contribution in [-0.4, -0.2) is 17.7 Å². The van der Waals surface area contributed by atoms with Gasteiger partial charge in [-0.15, -0.1) is 0 Å². The van der Waals surface area contributed by atoms with E-state index in [1.165, 1.54) is 18.4 Å². The first-order valence-corrected chi connectivity index (χ1v) is 9.99. The molecule has 3 rings (SSSR count). The van der Waals surface area contributed by atoms with Crippen LogP contribution in [0.15, 0.2) is 36.4 Å². The maximum atomic E-state index is 11.9. The van der Waals surface area contributed by atoms with E-state index >= 15 is 0 Å². The summed E-state index contributed by atoms with van der Waals surface area (Å²) in [6, 6.07) is 11.8. The monoisotopic (exact) mass is 386 g/mol. The number of carbonyl (C=O) groups is 1. The van der Waals surface area contributed by atoms with Gasteiger partial charge in [-0.1, -0.05) is 55.3 Å². The highest BCUT2D eigenvalue weighted by Gasteiger charge is 2.26. The second-order valence-corrected chi connectivity index (χ2v) is 8.40. The second kappa shape index (κ2) is 8.35. The van der Waals surface area contributed by atoms with Gasteiger partial charge in [-0.05, 0) is 61.3 Å². The zero-order valence-electron chi connectivity index (χ0n) is 16.2. The minimum atomic E-state index is -0.811. The maximum absolute atomic E-state index is 11.9. The quantitative estimate of drug-likeness (QED) is 0.577. The SMILES string of the molecule is Cc1ccc(-c2cc(C(CC(C)C)C(=O)O)cc(OCC3CC3)c2Cl)cc1. The Morgan fingerprint density at radius 1 is 1.22 bits per heavy atom. The Balaban J connectivity index is 2.05. The first kappa shape index (κ1) is 19.8. The Kier molecular flexibility index (Phi) is 6.11. The third-order valence-corrected chi connectivity index (χ3v) is 5.39. The predicted molar refractivity (Wildman–Crippen MR) is 110 cm³/mol. The molecule has 0 aliphatic heterocycles. The molecular weight excluding hydrogens is 360 g/mol. The van der Waals surface area contributed by atoms with Gasteiger partial charge < -0.3 is 9.84 Å². The molecule has 2 aromatic carbocycles. The maximum Gasteiger partial charge on any atom is 0.310 e. The summed E-state index contributed by atoms with van der Waals surface area (Å²) in [4.78, 5) is 11.9. The molecule has 0 saturated heterocycles. The van der Waals surface area contributed by atoms with Gasteiger partial charge in [-0.3, -0.25) is 4.79 Å². The molecule has 27 heavy (non-hydrogen) atoms. The van der Waals surface area contributed by atoms with Gasteiger partial charge in [0.15, 0.2) is 0 Å². The van der Waals surface area contributed by atoms with Gasteiger partial charge in [0.05, 0.1) is 17.5 Å². The van der Waals surface area contributed by atoms with Gasteiger partial charge in [0.2, 0.25) is 0 Å². The van der Waals surface area contributed by atoms with Gasteiger partial charge in [-0.2, -0.15) is 0 Å². The van der Waals surface area contributed by atoms with Crippen molar-refractivity contribution in [3.05, 3.63) is 52.5 Å². The van der Waals surface area contributed by atoms with Gasteiger partial charge in [0.1, 0.15) is 5.75 Å². The number of rotatable bonds is 8. The number of halogens is 1. The minimum Gasteiger partial charge on any atom is -0.492 e. The molecule has 1 aliphatic rings. The summed E-state index contributed by atoms with van der Waals surface area (Å²) in [7, 11) is 0. The number of hydrogen-bond acceptors (Lipinski definition) is 2. The summed E-state index contributed by atoms with van der Waals surface area (Å²) in [5.74, 6) is 0.0781. The van der Waals surface area contributed by atoms with E-state index in [0.29, 0.717) is 29.7 Å². The summed E-state index contributed by atoms with van der Waals surface area (Å²) >= 11 is 6.68. The molecule has 1 N–H and O–H groups in total. The predicted octanol–water partition coefficient (Wildman–Crippen LogP) is 6.32. The van der Waals surface area contributed by atoms with Crippen LogP contribution >= 0.6 is 11.6 Å². The van der Waals surface area contributed by atoms with Gasteiger partial charge in [0.25, 0.3) is 0 Å². The summed E-state index contributed by atoms with van der Waals surface area (Å²) in [6.45, 7) is 6.75. The molecule has 0 spiro atoms. The lowest BCUT2D eigenvalue weighted by Gasteiger charge is -2.19. The highest BCUT2D eigenvalue weighted by Crippen LogP contribution is 2.41.